The molecule has 0 amide bonds. The molecular formula is C15H17N3. The SMILES string of the molecule is C#CCCNC(CN)c1cncc2ccccc12. The number of terminal acetylenes is 1. The Labute approximate surface area is 107 Å². The van der Waals surface area contributed by atoms with Gasteiger partial charge in [0.2, 0.25) is 0 Å². The second kappa shape index (κ2) is 6.15. The van der Waals surface area contributed by atoms with Crippen molar-refractivity contribution < 1.29 is 0 Å². The van der Waals surface area contributed by atoms with Crippen molar-refractivity contribution >= 4 is 10.8 Å². The molecule has 1 aromatic carbocycles. The van der Waals surface area contributed by atoms with Crippen molar-refractivity contribution in [3.05, 3.63) is 42.2 Å². The van der Waals surface area contributed by atoms with E-state index in [4.69, 9.17) is 12.2 Å². The van der Waals surface area contributed by atoms with E-state index in [1.54, 1.807) is 0 Å². The van der Waals surface area contributed by atoms with Gasteiger partial charge in [0.25, 0.3) is 0 Å². The summed E-state index contributed by atoms with van der Waals surface area (Å²) < 4.78 is 0. The van der Waals surface area contributed by atoms with Crippen LogP contribution in [-0.4, -0.2) is 18.1 Å². The standard InChI is InChI=1S/C15H17N3/c1-2-3-8-18-15(9-16)14-11-17-10-12-6-4-5-7-13(12)14/h1,4-7,10-11,15,18H,3,8-9,16H2. The first kappa shape index (κ1) is 12.6. The Morgan fingerprint density at radius 3 is 2.94 bits per heavy atom. The number of hydrogen-bond donors (Lipinski definition) is 2. The molecule has 0 saturated heterocycles. The normalized spacial score (nSPS) is 12.2. The highest BCUT2D eigenvalue weighted by Crippen LogP contribution is 2.22. The fraction of sp³-hybridized carbons (Fsp3) is 0.267. The fourth-order valence-corrected chi connectivity index (χ4v) is 2.06. The van der Waals surface area contributed by atoms with Gasteiger partial charge in [-0.05, 0) is 10.9 Å². The average molecular weight is 239 g/mol. The molecule has 0 aliphatic rings. The van der Waals surface area contributed by atoms with E-state index in [1.807, 2.05) is 24.5 Å². The third-order valence-corrected chi connectivity index (χ3v) is 2.97. The third kappa shape index (κ3) is 2.67. The molecule has 0 bridgehead atoms. The summed E-state index contributed by atoms with van der Waals surface area (Å²) in [5, 5.41) is 5.69. The van der Waals surface area contributed by atoms with Crippen molar-refractivity contribution in [2.75, 3.05) is 13.1 Å². The molecule has 0 saturated carbocycles. The predicted molar refractivity (Wildman–Crippen MR) is 75.0 cm³/mol. The van der Waals surface area contributed by atoms with Crippen LogP contribution in [0.4, 0.5) is 0 Å². The first-order valence-electron chi connectivity index (χ1n) is 6.06. The van der Waals surface area contributed by atoms with Crippen LogP contribution in [0.5, 0.6) is 0 Å². The van der Waals surface area contributed by atoms with E-state index in [1.165, 1.54) is 5.39 Å². The zero-order chi connectivity index (χ0) is 12.8. The van der Waals surface area contributed by atoms with Crippen LogP contribution in [0, 0.1) is 12.3 Å². The van der Waals surface area contributed by atoms with Crippen LogP contribution in [-0.2, 0) is 0 Å². The van der Waals surface area contributed by atoms with Gasteiger partial charge >= 0.3 is 0 Å². The van der Waals surface area contributed by atoms with E-state index in [2.05, 4.69) is 28.4 Å². The molecule has 0 aliphatic carbocycles. The van der Waals surface area contributed by atoms with Crippen molar-refractivity contribution in [2.45, 2.75) is 12.5 Å². The van der Waals surface area contributed by atoms with Crippen LogP contribution in [0.25, 0.3) is 10.8 Å². The minimum absolute atomic E-state index is 0.0944. The number of pyridine rings is 1. The van der Waals surface area contributed by atoms with Gasteiger partial charge in [-0.2, -0.15) is 0 Å². The van der Waals surface area contributed by atoms with Crippen LogP contribution in [0.2, 0.25) is 0 Å². The lowest BCUT2D eigenvalue weighted by molar-refractivity contribution is 0.552. The van der Waals surface area contributed by atoms with Crippen LogP contribution in [0.3, 0.4) is 0 Å². The van der Waals surface area contributed by atoms with Gasteiger partial charge in [0.15, 0.2) is 0 Å². The van der Waals surface area contributed by atoms with Crippen molar-refractivity contribution in [1.82, 2.24) is 10.3 Å². The molecule has 1 heterocycles. The number of nitrogens with one attached hydrogen (secondary N) is 1. The van der Waals surface area contributed by atoms with Crippen molar-refractivity contribution in [1.29, 1.82) is 0 Å². The molecular weight excluding hydrogens is 222 g/mol. The molecule has 0 aliphatic heterocycles. The summed E-state index contributed by atoms with van der Waals surface area (Å²) in [5.41, 5.74) is 6.97. The van der Waals surface area contributed by atoms with Gasteiger partial charge in [0.05, 0.1) is 0 Å². The summed E-state index contributed by atoms with van der Waals surface area (Å²) in [7, 11) is 0. The minimum atomic E-state index is 0.0944. The molecule has 18 heavy (non-hydrogen) atoms. The van der Waals surface area contributed by atoms with Crippen LogP contribution in [0.1, 0.15) is 18.0 Å². The Balaban J connectivity index is 2.30. The van der Waals surface area contributed by atoms with Crippen LogP contribution in [0.15, 0.2) is 36.7 Å². The van der Waals surface area contributed by atoms with E-state index in [0.29, 0.717) is 13.0 Å². The second-order valence-corrected chi connectivity index (χ2v) is 4.15. The molecule has 1 atom stereocenters. The highest BCUT2D eigenvalue weighted by molar-refractivity contribution is 5.85. The van der Waals surface area contributed by atoms with Gasteiger partial charge in [-0.3, -0.25) is 4.98 Å². The molecule has 0 spiro atoms. The molecule has 2 rings (SSSR count). The maximum absolute atomic E-state index is 5.84. The number of hydrogen-bond acceptors (Lipinski definition) is 3. The summed E-state index contributed by atoms with van der Waals surface area (Å²) in [6.45, 7) is 1.29. The number of rotatable bonds is 5. The maximum atomic E-state index is 5.84. The average Bonchev–Trinajstić information content (AvgIpc) is 2.43. The fourth-order valence-electron chi connectivity index (χ4n) is 2.06. The van der Waals surface area contributed by atoms with Crippen LogP contribution >= 0.6 is 0 Å². The van der Waals surface area contributed by atoms with E-state index in [9.17, 15) is 0 Å². The Morgan fingerprint density at radius 1 is 1.33 bits per heavy atom. The molecule has 2 aromatic rings. The lowest BCUT2D eigenvalue weighted by atomic mass is 10.0. The van der Waals surface area contributed by atoms with Gasteiger partial charge in [-0.25, -0.2) is 0 Å². The zero-order valence-electron chi connectivity index (χ0n) is 10.3. The maximum Gasteiger partial charge on any atom is 0.0466 e. The van der Waals surface area contributed by atoms with E-state index in [0.717, 1.165) is 17.5 Å². The summed E-state index contributed by atoms with van der Waals surface area (Å²) in [5.74, 6) is 2.62. The zero-order valence-corrected chi connectivity index (χ0v) is 10.3. The van der Waals surface area contributed by atoms with E-state index < -0.39 is 0 Å². The largest absolute Gasteiger partial charge is 0.329 e. The molecule has 92 valence electrons. The summed E-state index contributed by atoms with van der Waals surface area (Å²) in [6, 6.07) is 8.29. The number of benzene rings is 1. The monoisotopic (exact) mass is 239 g/mol. The van der Waals surface area contributed by atoms with Crippen molar-refractivity contribution in [3.8, 4) is 12.3 Å². The molecule has 3 nitrogen and oxygen atoms in total. The number of nitrogens with two attached hydrogens (primary N) is 1. The highest BCUT2D eigenvalue weighted by Gasteiger charge is 2.11. The van der Waals surface area contributed by atoms with E-state index in [-0.39, 0.29) is 6.04 Å². The third-order valence-electron chi connectivity index (χ3n) is 2.97. The Morgan fingerprint density at radius 2 is 2.17 bits per heavy atom. The molecule has 1 unspecified atom stereocenters. The lowest BCUT2D eigenvalue weighted by Crippen LogP contribution is -2.29. The van der Waals surface area contributed by atoms with Gasteiger partial charge < -0.3 is 11.1 Å². The van der Waals surface area contributed by atoms with Crippen molar-refractivity contribution in [3.63, 3.8) is 0 Å². The second-order valence-electron chi connectivity index (χ2n) is 4.15. The molecule has 0 radical (unpaired) electrons. The molecule has 3 N–H and O–H groups in total. The first-order valence-corrected chi connectivity index (χ1v) is 6.06. The number of aromatic nitrogens is 1. The van der Waals surface area contributed by atoms with Crippen molar-refractivity contribution in [2.24, 2.45) is 5.73 Å². The minimum Gasteiger partial charge on any atom is -0.329 e. The summed E-state index contributed by atoms with van der Waals surface area (Å²) in [6.07, 6.45) is 9.70. The smallest absolute Gasteiger partial charge is 0.0466 e. The predicted octanol–water partition coefficient (Wildman–Crippen LogP) is 1.85. The van der Waals surface area contributed by atoms with Gasteiger partial charge in [0, 0.05) is 43.3 Å². The molecule has 0 fully saturated rings. The Hall–Kier alpha value is -1.89. The van der Waals surface area contributed by atoms with E-state index >= 15 is 0 Å². The molecule has 3 heteroatoms. The van der Waals surface area contributed by atoms with Gasteiger partial charge in [-0.15, -0.1) is 12.3 Å². The first-order chi connectivity index (χ1) is 8.86. The number of nitrogens with zero attached hydrogens (tertiary/aromatic N) is 1. The lowest BCUT2D eigenvalue weighted by Gasteiger charge is -2.18. The van der Waals surface area contributed by atoms with Gasteiger partial charge in [-0.1, -0.05) is 24.3 Å². The Kier molecular flexibility index (Phi) is 4.30. The highest BCUT2D eigenvalue weighted by atomic mass is 14.9. The van der Waals surface area contributed by atoms with Crippen LogP contribution < -0.4 is 11.1 Å². The quantitative estimate of drug-likeness (QED) is 0.618. The summed E-state index contributed by atoms with van der Waals surface area (Å²) >= 11 is 0. The molecule has 1 aromatic heterocycles. The summed E-state index contributed by atoms with van der Waals surface area (Å²) in [4.78, 5) is 4.27. The number of fused-ring (bicyclic) bond motifs is 1. The topological polar surface area (TPSA) is 50.9 Å². The van der Waals surface area contributed by atoms with Gasteiger partial charge in [0.1, 0.15) is 0 Å². The Bertz CT molecular complexity index is 552.